The number of hydrogen-bond donors (Lipinski definition) is 1. The maximum Gasteiger partial charge on any atom is 0.422 e. The maximum absolute atomic E-state index is 12.4. The molecular formula is C17H17F3N2O. The van der Waals surface area contributed by atoms with Crippen LogP contribution in [-0.2, 0) is 4.74 Å². The van der Waals surface area contributed by atoms with E-state index in [-0.39, 0.29) is 6.02 Å². The summed E-state index contributed by atoms with van der Waals surface area (Å²) in [5, 5.41) is 2.77. The first-order valence-electron chi connectivity index (χ1n) is 7.00. The molecule has 122 valence electrons. The standard InChI is InChI=1S/C17H17F3N2O/c1-12-3-7-14(8-4-12)21-16(23-11-17(18,19)20)22-15-9-5-13(2)6-10-15/h3-10H,11H2,1-2H3,(H,21,22). The fourth-order valence-corrected chi connectivity index (χ4v) is 1.74. The van der Waals surface area contributed by atoms with Crippen LogP contribution in [0.2, 0.25) is 0 Å². The Morgan fingerprint density at radius 1 is 0.957 bits per heavy atom. The Morgan fingerprint density at radius 2 is 1.48 bits per heavy atom. The lowest BCUT2D eigenvalue weighted by Crippen LogP contribution is -2.24. The summed E-state index contributed by atoms with van der Waals surface area (Å²) < 4.78 is 42.0. The predicted molar refractivity (Wildman–Crippen MR) is 85.1 cm³/mol. The summed E-state index contributed by atoms with van der Waals surface area (Å²) in [6, 6.07) is 14.1. The van der Waals surface area contributed by atoms with E-state index >= 15 is 0 Å². The van der Waals surface area contributed by atoms with Crippen LogP contribution in [0.25, 0.3) is 0 Å². The van der Waals surface area contributed by atoms with Gasteiger partial charge >= 0.3 is 6.18 Å². The molecule has 2 aromatic carbocycles. The Kier molecular flexibility index (Phi) is 5.26. The molecule has 0 aliphatic carbocycles. The van der Waals surface area contributed by atoms with Crippen molar-refractivity contribution in [2.45, 2.75) is 20.0 Å². The van der Waals surface area contributed by atoms with Gasteiger partial charge in [0.1, 0.15) is 0 Å². The first kappa shape index (κ1) is 16.9. The van der Waals surface area contributed by atoms with Crippen molar-refractivity contribution in [2.75, 3.05) is 11.9 Å². The molecule has 0 heterocycles. The number of hydrogen-bond acceptors (Lipinski definition) is 2. The number of halogens is 3. The Bertz CT molecular complexity index is 662. The van der Waals surface area contributed by atoms with E-state index in [1.165, 1.54) is 0 Å². The third kappa shape index (κ3) is 6.02. The second-order valence-corrected chi connectivity index (χ2v) is 5.15. The van der Waals surface area contributed by atoms with Crippen LogP contribution in [0.15, 0.2) is 53.5 Å². The van der Waals surface area contributed by atoms with Gasteiger partial charge in [0.05, 0.1) is 5.69 Å². The fourth-order valence-electron chi connectivity index (χ4n) is 1.74. The van der Waals surface area contributed by atoms with Crippen molar-refractivity contribution in [3.8, 4) is 0 Å². The van der Waals surface area contributed by atoms with Gasteiger partial charge in [-0.15, -0.1) is 0 Å². The second-order valence-electron chi connectivity index (χ2n) is 5.15. The Hall–Kier alpha value is -2.50. The number of aryl methyl sites for hydroxylation is 2. The molecule has 0 unspecified atom stereocenters. The lowest BCUT2D eigenvalue weighted by atomic mass is 10.2. The van der Waals surface area contributed by atoms with Gasteiger partial charge in [-0.2, -0.15) is 18.2 Å². The van der Waals surface area contributed by atoms with Gasteiger partial charge < -0.3 is 10.1 Å². The molecule has 3 nitrogen and oxygen atoms in total. The molecule has 0 fully saturated rings. The summed E-state index contributed by atoms with van der Waals surface area (Å²) in [5.41, 5.74) is 3.19. The maximum atomic E-state index is 12.4. The molecule has 0 atom stereocenters. The van der Waals surface area contributed by atoms with Crippen molar-refractivity contribution in [2.24, 2.45) is 4.99 Å². The summed E-state index contributed by atoms with van der Waals surface area (Å²) in [6.07, 6.45) is -4.43. The van der Waals surface area contributed by atoms with Crippen molar-refractivity contribution in [3.05, 3.63) is 59.7 Å². The summed E-state index contributed by atoms with van der Waals surface area (Å²) in [6.45, 7) is 2.43. The number of nitrogens with one attached hydrogen (secondary N) is 1. The van der Waals surface area contributed by atoms with Crippen LogP contribution in [0.4, 0.5) is 24.5 Å². The highest BCUT2D eigenvalue weighted by Gasteiger charge is 2.29. The van der Waals surface area contributed by atoms with Gasteiger partial charge in [0.25, 0.3) is 6.02 Å². The predicted octanol–water partition coefficient (Wildman–Crippen LogP) is 4.98. The van der Waals surface area contributed by atoms with Crippen LogP contribution in [0.3, 0.4) is 0 Å². The second kappa shape index (κ2) is 7.17. The Morgan fingerprint density at radius 3 is 2.00 bits per heavy atom. The van der Waals surface area contributed by atoms with Gasteiger partial charge in [-0.3, -0.25) is 0 Å². The zero-order chi connectivity index (χ0) is 16.9. The lowest BCUT2D eigenvalue weighted by Gasteiger charge is -2.13. The lowest BCUT2D eigenvalue weighted by molar-refractivity contribution is -0.156. The SMILES string of the molecule is Cc1ccc(N=C(Nc2ccc(C)cc2)OCC(F)(F)F)cc1. The zero-order valence-electron chi connectivity index (χ0n) is 12.8. The molecule has 0 aliphatic rings. The van der Waals surface area contributed by atoms with Crippen LogP contribution in [0.1, 0.15) is 11.1 Å². The van der Waals surface area contributed by atoms with Crippen LogP contribution in [0, 0.1) is 13.8 Å². The first-order valence-corrected chi connectivity index (χ1v) is 7.00. The number of anilines is 1. The van der Waals surface area contributed by atoms with Crippen molar-refractivity contribution < 1.29 is 17.9 Å². The van der Waals surface area contributed by atoms with Crippen LogP contribution in [-0.4, -0.2) is 18.8 Å². The summed E-state index contributed by atoms with van der Waals surface area (Å²) >= 11 is 0. The fraction of sp³-hybridized carbons (Fsp3) is 0.235. The van der Waals surface area contributed by atoms with Gasteiger partial charge in [-0.05, 0) is 38.1 Å². The average Bonchev–Trinajstić information content (AvgIpc) is 2.48. The van der Waals surface area contributed by atoms with Gasteiger partial charge in [0, 0.05) is 5.69 Å². The van der Waals surface area contributed by atoms with Crippen LogP contribution >= 0.6 is 0 Å². The molecule has 0 aliphatic heterocycles. The molecule has 2 aromatic rings. The molecule has 6 heteroatoms. The number of benzene rings is 2. The Balaban J connectivity index is 2.19. The summed E-state index contributed by atoms with van der Waals surface area (Å²) in [4.78, 5) is 4.10. The molecule has 0 amide bonds. The zero-order valence-corrected chi connectivity index (χ0v) is 12.8. The van der Waals surface area contributed by atoms with Gasteiger partial charge in [-0.1, -0.05) is 35.4 Å². The third-order valence-corrected chi connectivity index (χ3v) is 2.94. The van der Waals surface area contributed by atoms with Crippen molar-refractivity contribution in [1.29, 1.82) is 0 Å². The topological polar surface area (TPSA) is 33.6 Å². The first-order chi connectivity index (χ1) is 10.8. The number of alkyl halides is 3. The minimum absolute atomic E-state index is 0.199. The molecule has 0 saturated carbocycles. The number of rotatable bonds is 3. The van der Waals surface area contributed by atoms with E-state index in [4.69, 9.17) is 4.74 Å². The monoisotopic (exact) mass is 322 g/mol. The number of nitrogens with zero attached hydrogens (tertiary/aromatic N) is 1. The number of amidine groups is 1. The molecule has 23 heavy (non-hydrogen) atoms. The molecule has 0 radical (unpaired) electrons. The minimum atomic E-state index is -4.43. The van der Waals surface area contributed by atoms with E-state index in [9.17, 15) is 13.2 Å². The van der Waals surface area contributed by atoms with E-state index < -0.39 is 12.8 Å². The van der Waals surface area contributed by atoms with Gasteiger partial charge in [-0.25, -0.2) is 0 Å². The van der Waals surface area contributed by atoms with E-state index in [0.29, 0.717) is 11.4 Å². The van der Waals surface area contributed by atoms with E-state index in [1.54, 1.807) is 24.3 Å². The van der Waals surface area contributed by atoms with Crippen LogP contribution in [0.5, 0.6) is 0 Å². The highest BCUT2D eigenvalue weighted by atomic mass is 19.4. The molecule has 1 N–H and O–H groups in total. The number of ether oxygens (including phenoxy) is 1. The largest absolute Gasteiger partial charge is 0.455 e. The summed E-state index contributed by atoms with van der Waals surface area (Å²) in [5.74, 6) is 0. The number of aliphatic imine (C=N–C) groups is 1. The van der Waals surface area contributed by atoms with Crippen molar-refractivity contribution in [1.82, 2.24) is 0 Å². The smallest absolute Gasteiger partial charge is 0.422 e. The highest BCUT2D eigenvalue weighted by Crippen LogP contribution is 2.18. The molecule has 2 rings (SSSR count). The van der Waals surface area contributed by atoms with Crippen molar-refractivity contribution >= 4 is 17.4 Å². The van der Waals surface area contributed by atoms with E-state index in [0.717, 1.165) is 11.1 Å². The molecule has 0 spiro atoms. The molecule has 0 bridgehead atoms. The minimum Gasteiger partial charge on any atom is -0.455 e. The molecular weight excluding hydrogens is 305 g/mol. The van der Waals surface area contributed by atoms with E-state index in [1.807, 2.05) is 38.1 Å². The summed E-state index contributed by atoms with van der Waals surface area (Å²) in [7, 11) is 0. The van der Waals surface area contributed by atoms with Crippen LogP contribution < -0.4 is 5.32 Å². The van der Waals surface area contributed by atoms with Crippen molar-refractivity contribution in [3.63, 3.8) is 0 Å². The van der Waals surface area contributed by atoms with Gasteiger partial charge in [0.15, 0.2) is 6.61 Å². The quantitative estimate of drug-likeness (QED) is 0.638. The highest BCUT2D eigenvalue weighted by molar-refractivity contribution is 5.90. The van der Waals surface area contributed by atoms with Gasteiger partial charge in [0.2, 0.25) is 0 Å². The third-order valence-electron chi connectivity index (χ3n) is 2.94. The molecule has 0 aromatic heterocycles. The average molecular weight is 322 g/mol. The Labute approximate surface area is 132 Å². The van der Waals surface area contributed by atoms with E-state index in [2.05, 4.69) is 10.3 Å². The normalized spacial score (nSPS) is 12.1. The molecule has 0 saturated heterocycles.